The summed E-state index contributed by atoms with van der Waals surface area (Å²) in [5.41, 5.74) is 7.69. The molecule has 0 aromatic carbocycles. The summed E-state index contributed by atoms with van der Waals surface area (Å²) in [6, 6.07) is 1.95. The van der Waals surface area contributed by atoms with Crippen molar-refractivity contribution in [1.29, 1.82) is 0 Å². The molecule has 0 spiro atoms. The van der Waals surface area contributed by atoms with E-state index in [1.165, 1.54) is 0 Å². The number of likely N-dealkylation sites (tertiary alicyclic amines) is 1. The molecule has 0 saturated carbocycles. The van der Waals surface area contributed by atoms with Crippen molar-refractivity contribution in [3.63, 3.8) is 0 Å². The lowest BCUT2D eigenvalue weighted by atomic mass is 9.93. The van der Waals surface area contributed by atoms with E-state index in [4.69, 9.17) is 5.73 Å². The summed E-state index contributed by atoms with van der Waals surface area (Å²) in [5.74, 6) is 1.09. The fraction of sp³-hybridized carbons (Fsp3) is 0.529. The number of aromatic nitrogens is 4. The second-order valence-corrected chi connectivity index (χ2v) is 6.41. The first-order valence-electron chi connectivity index (χ1n) is 8.45. The molecular weight excluding hydrogens is 304 g/mol. The molecule has 1 atom stereocenters. The summed E-state index contributed by atoms with van der Waals surface area (Å²) >= 11 is 0. The Morgan fingerprint density at radius 3 is 2.96 bits per heavy atom. The van der Waals surface area contributed by atoms with Gasteiger partial charge in [0.15, 0.2) is 0 Å². The number of nitrogens with zero attached hydrogens (tertiary/aromatic N) is 5. The van der Waals surface area contributed by atoms with Crippen LogP contribution in [0, 0.1) is 12.8 Å². The van der Waals surface area contributed by atoms with Crippen LogP contribution < -0.4 is 5.73 Å². The lowest BCUT2D eigenvalue weighted by Gasteiger charge is -2.33. The van der Waals surface area contributed by atoms with Crippen molar-refractivity contribution < 1.29 is 4.79 Å². The first-order chi connectivity index (χ1) is 11.6. The van der Waals surface area contributed by atoms with E-state index in [0.717, 1.165) is 43.7 Å². The lowest BCUT2D eigenvalue weighted by molar-refractivity contribution is -0.133. The highest BCUT2D eigenvalue weighted by Crippen LogP contribution is 2.22. The molecule has 1 saturated heterocycles. The number of rotatable bonds is 5. The molecule has 1 aliphatic heterocycles. The SMILES string of the molecule is Cc1ccn(CCC(=O)N2CCC[C@@H](Cc3nccnc3N)C2)n1. The van der Waals surface area contributed by atoms with Crippen LogP contribution >= 0.6 is 0 Å². The van der Waals surface area contributed by atoms with Gasteiger partial charge in [-0.15, -0.1) is 0 Å². The maximum atomic E-state index is 12.5. The first-order valence-corrected chi connectivity index (χ1v) is 8.45. The van der Waals surface area contributed by atoms with Crippen LogP contribution in [0.25, 0.3) is 0 Å². The molecule has 2 N–H and O–H groups in total. The number of hydrogen-bond acceptors (Lipinski definition) is 5. The second kappa shape index (κ2) is 7.42. The van der Waals surface area contributed by atoms with Crippen molar-refractivity contribution in [2.75, 3.05) is 18.8 Å². The van der Waals surface area contributed by atoms with E-state index in [9.17, 15) is 4.79 Å². The number of carbonyl (C=O) groups is 1. The number of anilines is 1. The molecule has 3 heterocycles. The van der Waals surface area contributed by atoms with E-state index < -0.39 is 0 Å². The van der Waals surface area contributed by atoms with E-state index >= 15 is 0 Å². The monoisotopic (exact) mass is 328 g/mol. The number of amides is 1. The van der Waals surface area contributed by atoms with Crippen LogP contribution in [0.3, 0.4) is 0 Å². The maximum absolute atomic E-state index is 12.5. The van der Waals surface area contributed by atoms with Gasteiger partial charge in [-0.1, -0.05) is 0 Å². The summed E-state index contributed by atoms with van der Waals surface area (Å²) < 4.78 is 1.83. The highest BCUT2D eigenvalue weighted by Gasteiger charge is 2.24. The van der Waals surface area contributed by atoms with Crippen LogP contribution in [0.15, 0.2) is 24.7 Å². The molecule has 128 valence electrons. The highest BCUT2D eigenvalue weighted by molar-refractivity contribution is 5.76. The zero-order valence-electron chi connectivity index (χ0n) is 14.1. The van der Waals surface area contributed by atoms with Gasteiger partial charge in [0.05, 0.1) is 11.4 Å². The van der Waals surface area contributed by atoms with Crippen molar-refractivity contribution in [3.05, 3.63) is 36.0 Å². The molecule has 1 aliphatic rings. The zero-order chi connectivity index (χ0) is 16.9. The average molecular weight is 328 g/mol. The van der Waals surface area contributed by atoms with Crippen molar-refractivity contribution >= 4 is 11.7 Å². The third-order valence-corrected chi connectivity index (χ3v) is 4.49. The van der Waals surface area contributed by atoms with E-state index in [1.807, 2.05) is 28.8 Å². The highest BCUT2D eigenvalue weighted by atomic mass is 16.2. The van der Waals surface area contributed by atoms with E-state index in [-0.39, 0.29) is 5.91 Å². The molecule has 2 aromatic heterocycles. The number of nitrogens with two attached hydrogens (primary N) is 1. The second-order valence-electron chi connectivity index (χ2n) is 6.41. The van der Waals surface area contributed by atoms with Crippen LogP contribution in [-0.4, -0.2) is 43.6 Å². The molecule has 0 unspecified atom stereocenters. The van der Waals surface area contributed by atoms with Crippen LogP contribution in [-0.2, 0) is 17.8 Å². The molecule has 7 nitrogen and oxygen atoms in total. The minimum atomic E-state index is 0.194. The van der Waals surface area contributed by atoms with Gasteiger partial charge in [0.2, 0.25) is 5.91 Å². The van der Waals surface area contributed by atoms with Gasteiger partial charge in [-0.05, 0) is 38.2 Å². The lowest BCUT2D eigenvalue weighted by Crippen LogP contribution is -2.41. The predicted octanol–water partition coefficient (Wildman–Crippen LogP) is 1.44. The van der Waals surface area contributed by atoms with Gasteiger partial charge in [-0.2, -0.15) is 5.10 Å². The number of carbonyl (C=O) groups excluding carboxylic acids is 1. The van der Waals surface area contributed by atoms with Crippen molar-refractivity contribution in [2.24, 2.45) is 5.92 Å². The molecule has 24 heavy (non-hydrogen) atoms. The van der Waals surface area contributed by atoms with Gasteiger partial charge >= 0.3 is 0 Å². The fourth-order valence-corrected chi connectivity index (χ4v) is 3.22. The Morgan fingerprint density at radius 1 is 1.38 bits per heavy atom. The Hall–Kier alpha value is -2.44. The average Bonchev–Trinajstić information content (AvgIpc) is 3.00. The van der Waals surface area contributed by atoms with E-state index in [1.54, 1.807) is 12.4 Å². The minimum absolute atomic E-state index is 0.194. The summed E-state index contributed by atoms with van der Waals surface area (Å²) in [6.45, 7) is 4.19. The molecule has 0 aliphatic carbocycles. The normalized spacial score (nSPS) is 17.9. The molecule has 2 aromatic rings. The summed E-state index contributed by atoms with van der Waals surface area (Å²) in [5, 5.41) is 4.33. The molecule has 0 radical (unpaired) electrons. The van der Waals surface area contributed by atoms with Gasteiger partial charge in [-0.25, -0.2) is 4.98 Å². The van der Waals surface area contributed by atoms with Gasteiger partial charge in [0.25, 0.3) is 0 Å². The smallest absolute Gasteiger partial charge is 0.224 e. The predicted molar refractivity (Wildman–Crippen MR) is 91.0 cm³/mol. The minimum Gasteiger partial charge on any atom is -0.382 e. The standard InChI is InChI=1S/C17H24N6O/c1-13-4-9-23(21-13)10-5-16(24)22-8-2-3-14(12-22)11-15-17(18)20-7-6-19-15/h4,6-7,9,14H,2-3,5,8,10-12H2,1H3,(H2,18,20)/t14-/m0/s1. The van der Waals surface area contributed by atoms with E-state index in [2.05, 4.69) is 15.1 Å². The van der Waals surface area contributed by atoms with Gasteiger partial charge in [0.1, 0.15) is 5.82 Å². The van der Waals surface area contributed by atoms with Crippen molar-refractivity contribution in [2.45, 2.75) is 39.2 Å². The number of hydrogen-bond donors (Lipinski definition) is 1. The third kappa shape index (κ3) is 4.10. The number of nitrogen functional groups attached to an aromatic ring is 1. The summed E-state index contributed by atoms with van der Waals surface area (Å²) in [6.07, 6.45) is 8.58. The van der Waals surface area contributed by atoms with Crippen molar-refractivity contribution in [1.82, 2.24) is 24.6 Å². The largest absolute Gasteiger partial charge is 0.382 e. The van der Waals surface area contributed by atoms with Gasteiger partial charge < -0.3 is 10.6 Å². The summed E-state index contributed by atoms with van der Waals surface area (Å²) in [7, 11) is 0. The van der Waals surface area contributed by atoms with Gasteiger partial charge in [-0.3, -0.25) is 14.5 Å². The van der Waals surface area contributed by atoms with Crippen LogP contribution in [0.4, 0.5) is 5.82 Å². The topological polar surface area (TPSA) is 89.9 Å². The van der Waals surface area contributed by atoms with E-state index in [0.29, 0.717) is 24.7 Å². The molecular formula is C17H24N6O. The Balaban J connectivity index is 1.53. The van der Waals surface area contributed by atoms with Crippen LogP contribution in [0.5, 0.6) is 0 Å². The maximum Gasteiger partial charge on any atom is 0.224 e. The Bertz CT molecular complexity index is 698. The fourth-order valence-electron chi connectivity index (χ4n) is 3.22. The van der Waals surface area contributed by atoms with Crippen LogP contribution in [0.2, 0.25) is 0 Å². The van der Waals surface area contributed by atoms with Gasteiger partial charge in [0, 0.05) is 44.6 Å². The molecule has 1 amide bonds. The third-order valence-electron chi connectivity index (χ3n) is 4.49. The zero-order valence-corrected chi connectivity index (χ0v) is 14.1. The number of piperidine rings is 1. The summed E-state index contributed by atoms with van der Waals surface area (Å²) in [4.78, 5) is 22.9. The number of aryl methyl sites for hydroxylation is 2. The molecule has 7 heteroatoms. The molecule has 3 rings (SSSR count). The Labute approximate surface area is 141 Å². The molecule has 0 bridgehead atoms. The first kappa shape index (κ1) is 16.4. The van der Waals surface area contributed by atoms with Crippen molar-refractivity contribution in [3.8, 4) is 0 Å². The Morgan fingerprint density at radius 2 is 2.21 bits per heavy atom. The Kier molecular flexibility index (Phi) is 5.08. The molecule has 1 fully saturated rings. The van der Waals surface area contributed by atoms with Crippen LogP contribution in [0.1, 0.15) is 30.7 Å². The quantitative estimate of drug-likeness (QED) is 0.897.